The van der Waals surface area contributed by atoms with Crippen LogP contribution < -0.4 is 0 Å². The maximum absolute atomic E-state index is 5.34. The zero-order valence-corrected chi connectivity index (χ0v) is 35.2. The van der Waals surface area contributed by atoms with Gasteiger partial charge in [0.05, 0.1) is 11.4 Å². The van der Waals surface area contributed by atoms with Gasteiger partial charge in [0.25, 0.3) is 0 Å². The minimum absolute atomic E-state index is 0.0167. The van der Waals surface area contributed by atoms with E-state index in [1.54, 1.807) is 0 Å². The van der Waals surface area contributed by atoms with E-state index in [0.29, 0.717) is 5.82 Å². The Balaban J connectivity index is 1.01. The molecule has 0 spiro atoms. The highest BCUT2D eigenvalue weighted by molar-refractivity contribution is 7.26. The Morgan fingerprint density at radius 3 is 1.84 bits per heavy atom. The lowest BCUT2D eigenvalue weighted by Gasteiger charge is -2.21. The van der Waals surface area contributed by atoms with Crippen molar-refractivity contribution < 1.29 is 0 Å². The normalized spacial score (nSPS) is 12.8. The molecule has 1 aliphatic carbocycles. The highest BCUT2D eigenvalue weighted by Crippen LogP contribution is 2.50. The van der Waals surface area contributed by atoms with Crippen molar-refractivity contribution in [3.8, 4) is 78.4 Å². The van der Waals surface area contributed by atoms with Crippen LogP contribution in [0.3, 0.4) is 0 Å². The molecular weight excluding hydrogens is 769 g/mol. The van der Waals surface area contributed by atoms with Gasteiger partial charge >= 0.3 is 0 Å². The van der Waals surface area contributed by atoms with Gasteiger partial charge in [-0.15, -0.1) is 11.3 Å². The summed E-state index contributed by atoms with van der Waals surface area (Å²) in [6, 6.07) is 75.0. The van der Waals surface area contributed by atoms with Crippen LogP contribution >= 0.6 is 11.3 Å². The van der Waals surface area contributed by atoms with Gasteiger partial charge in [0, 0.05) is 42.3 Å². The van der Waals surface area contributed by atoms with E-state index in [9.17, 15) is 0 Å². The summed E-state index contributed by atoms with van der Waals surface area (Å²) in [5.41, 5.74) is 17.3. The molecule has 62 heavy (non-hydrogen) atoms. The zero-order chi connectivity index (χ0) is 41.4. The lowest BCUT2D eigenvalue weighted by atomic mass is 9.82. The number of hydrogen-bond acceptors (Lipinski definition) is 3. The molecule has 0 bridgehead atoms. The first kappa shape index (κ1) is 36.4. The molecule has 0 unspecified atom stereocenters. The molecule has 0 saturated carbocycles. The smallest absolute Gasteiger partial charge is 0.160 e. The monoisotopic (exact) mass is 808 g/mol. The Bertz CT molecular complexity index is 3540. The standard InChI is InChI=1S/C59H40N2S/c1-59(2)52-21-10-8-17-48(52)51-35-43(29-30-53(51)59)38-23-26-39(27-24-38)54-36-55(61-58(60-54)40-14-4-3-5-15-40)46-33-44(42-28-25-37-13-6-7-16-41(37)31-42)32-45(34-46)47-19-12-20-50-49-18-9-11-22-56(49)62-57(47)50/h3-36H,1-2H3. The molecule has 1 aliphatic rings. The highest BCUT2D eigenvalue weighted by Gasteiger charge is 2.35. The van der Waals surface area contributed by atoms with Crippen LogP contribution in [0.2, 0.25) is 0 Å². The van der Waals surface area contributed by atoms with E-state index in [0.717, 1.165) is 39.2 Å². The molecule has 2 aromatic heterocycles. The molecule has 2 heterocycles. The van der Waals surface area contributed by atoms with E-state index < -0.39 is 0 Å². The Kier molecular flexibility index (Phi) is 8.41. The SMILES string of the molecule is CC1(C)c2ccccc2-c2cc(-c3ccc(-c4cc(-c5cc(-c6ccc7ccccc7c6)cc(-c6cccc7c6sc6ccccc67)c5)nc(-c5ccccc5)n4)cc3)ccc21. The Hall–Kier alpha value is -7.46. The van der Waals surface area contributed by atoms with Crippen molar-refractivity contribution in [3.05, 3.63) is 217 Å². The van der Waals surface area contributed by atoms with E-state index in [1.807, 2.05) is 17.4 Å². The van der Waals surface area contributed by atoms with Gasteiger partial charge in [0.15, 0.2) is 5.82 Å². The van der Waals surface area contributed by atoms with Crippen molar-refractivity contribution in [2.24, 2.45) is 0 Å². The molecule has 0 radical (unpaired) electrons. The number of fused-ring (bicyclic) bond motifs is 7. The van der Waals surface area contributed by atoms with Crippen LogP contribution in [0.1, 0.15) is 25.0 Å². The van der Waals surface area contributed by atoms with Gasteiger partial charge in [0.1, 0.15) is 0 Å². The second-order valence-electron chi connectivity index (χ2n) is 17.0. The van der Waals surface area contributed by atoms with Gasteiger partial charge in [-0.2, -0.15) is 0 Å². The van der Waals surface area contributed by atoms with E-state index in [2.05, 4.69) is 214 Å². The third kappa shape index (κ3) is 6.08. The second kappa shape index (κ2) is 14.3. The van der Waals surface area contributed by atoms with E-state index in [-0.39, 0.29) is 5.41 Å². The lowest BCUT2D eigenvalue weighted by Crippen LogP contribution is -2.14. The Labute approximate surface area is 365 Å². The largest absolute Gasteiger partial charge is 0.228 e. The number of hydrogen-bond donors (Lipinski definition) is 0. The quantitative estimate of drug-likeness (QED) is 0.167. The number of thiophene rings is 1. The highest BCUT2D eigenvalue weighted by atomic mass is 32.1. The summed E-state index contributed by atoms with van der Waals surface area (Å²) in [4.78, 5) is 10.6. The van der Waals surface area contributed by atoms with Crippen LogP contribution in [0.25, 0.3) is 109 Å². The van der Waals surface area contributed by atoms with Crippen molar-refractivity contribution in [2.45, 2.75) is 19.3 Å². The maximum atomic E-state index is 5.34. The minimum Gasteiger partial charge on any atom is -0.228 e. The van der Waals surface area contributed by atoms with Crippen LogP contribution in [0.5, 0.6) is 0 Å². The number of nitrogens with zero attached hydrogens (tertiary/aromatic N) is 2. The third-order valence-corrected chi connectivity index (χ3v) is 14.1. The average Bonchev–Trinajstić information content (AvgIpc) is 3.83. The van der Waals surface area contributed by atoms with Gasteiger partial charge in [-0.1, -0.05) is 178 Å². The van der Waals surface area contributed by atoms with Gasteiger partial charge in [0.2, 0.25) is 0 Å². The topological polar surface area (TPSA) is 25.8 Å². The first-order valence-electron chi connectivity index (χ1n) is 21.3. The number of benzene rings is 9. The fourth-order valence-electron chi connectivity index (χ4n) is 9.63. The summed E-state index contributed by atoms with van der Waals surface area (Å²) in [6.45, 7) is 4.66. The zero-order valence-electron chi connectivity index (χ0n) is 34.4. The Morgan fingerprint density at radius 1 is 0.355 bits per heavy atom. The number of aromatic nitrogens is 2. The van der Waals surface area contributed by atoms with Crippen molar-refractivity contribution in [1.29, 1.82) is 0 Å². The molecule has 12 rings (SSSR count). The minimum atomic E-state index is -0.0167. The third-order valence-electron chi connectivity index (χ3n) is 12.9. The van der Waals surface area contributed by atoms with Gasteiger partial charge < -0.3 is 0 Å². The van der Waals surface area contributed by atoms with Crippen molar-refractivity contribution in [3.63, 3.8) is 0 Å². The molecule has 0 amide bonds. The summed E-state index contributed by atoms with van der Waals surface area (Å²) in [5.74, 6) is 0.700. The number of rotatable bonds is 6. The van der Waals surface area contributed by atoms with Crippen LogP contribution in [-0.4, -0.2) is 9.97 Å². The van der Waals surface area contributed by atoms with E-state index in [4.69, 9.17) is 9.97 Å². The molecular formula is C59H40N2S. The molecule has 0 fully saturated rings. The predicted octanol–water partition coefficient (Wildman–Crippen LogP) is 16.3. The second-order valence-corrected chi connectivity index (χ2v) is 18.0. The van der Waals surface area contributed by atoms with Crippen molar-refractivity contribution in [2.75, 3.05) is 0 Å². The van der Waals surface area contributed by atoms with E-state index in [1.165, 1.54) is 75.5 Å². The molecule has 292 valence electrons. The molecule has 0 atom stereocenters. The van der Waals surface area contributed by atoms with Gasteiger partial charge in [-0.25, -0.2) is 9.97 Å². The van der Waals surface area contributed by atoms with Crippen LogP contribution in [0.15, 0.2) is 206 Å². The summed E-state index contributed by atoms with van der Waals surface area (Å²) in [7, 11) is 0. The molecule has 0 N–H and O–H groups in total. The van der Waals surface area contributed by atoms with Crippen LogP contribution in [0.4, 0.5) is 0 Å². The summed E-state index contributed by atoms with van der Waals surface area (Å²) in [6.07, 6.45) is 0. The molecule has 0 aliphatic heterocycles. The summed E-state index contributed by atoms with van der Waals surface area (Å²) < 4.78 is 2.59. The lowest BCUT2D eigenvalue weighted by molar-refractivity contribution is 0.660. The maximum Gasteiger partial charge on any atom is 0.160 e. The first-order valence-corrected chi connectivity index (χ1v) is 22.1. The van der Waals surface area contributed by atoms with Crippen LogP contribution in [0, 0.1) is 0 Å². The molecule has 9 aromatic carbocycles. The summed E-state index contributed by atoms with van der Waals surface area (Å²) >= 11 is 1.86. The Morgan fingerprint density at radius 2 is 0.968 bits per heavy atom. The van der Waals surface area contributed by atoms with Gasteiger partial charge in [-0.3, -0.25) is 0 Å². The molecule has 2 nitrogen and oxygen atoms in total. The van der Waals surface area contributed by atoms with Crippen molar-refractivity contribution >= 4 is 42.3 Å². The predicted molar refractivity (Wildman–Crippen MR) is 263 cm³/mol. The molecule has 3 heteroatoms. The molecule has 11 aromatic rings. The van der Waals surface area contributed by atoms with E-state index >= 15 is 0 Å². The average molecular weight is 809 g/mol. The fourth-order valence-corrected chi connectivity index (χ4v) is 10.9. The summed E-state index contributed by atoms with van der Waals surface area (Å²) in [5, 5.41) is 5.03. The fraction of sp³-hybridized carbons (Fsp3) is 0.0508. The first-order chi connectivity index (χ1) is 30.4. The van der Waals surface area contributed by atoms with Crippen molar-refractivity contribution in [1.82, 2.24) is 9.97 Å². The molecule has 0 saturated heterocycles. The van der Waals surface area contributed by atoms with Crippen LogP contribution in [-0.2, 0) is 5.41 Å². The van der Waals surface area contributed by atoms with Gasteiger partial charge in [-0.05, 0) is 109 Å².